The Morgan fingerprint density at radius 3 is 2.74 bits per heavy atom. The topological polar surface area (TPSA) is 70.1 Å². The predicted molar refractivity (Wildman–Crippen MR) is 93.8 cm³/mol. The molecule has 0 radical (unpaired) electrons. The third-order valence-corrected chi connectivity index (χ3v) is 4.02. The maximum atomic E-state index is 13.9. The summed E-state index contributed by atoms with van der Waals surface area (Å²) in [6.45, 7) is -1.37. The second kappa shape index (κ2) is 7.03. The number of aryl methyl sites for hydroxylation is 1. The normalized spacial score (nSPS) is 11.0. The van der Waals surface area contributed by atoms with Gasteiger partial charge in [-0.1, -0.05) is 12.0 Å². The summed E-state index contributed by atoms with van der Waals surface area (Å²) in [5.41, 5.74) is 6.66. The number of fused-ring (bicyclic) bond motifs is 1. The zero-order valence-corrected chi connectivity index (χ0v) is 14.2. The molecule has 3 rings (SSSR count). The first kappa shape index (κ1) is 18.3. The van der Waals surface area contributed by atoms with Gasteiger partial charge in [-0.2, -0.15) is 13.9 Å². The van der Waals surface area contributed by atoms with Crippen LogP contribution in [0.5, 0.6) is 5.75 Å². The molecule has 2 aromatic carbocycles. The molecule has 1 amide bonds. The minimum atomic E-state index is -3.05. The van der Waals surface area contributed by atoms with Crippen molar-refractivity contribution in [2.45, 2.75) is 20.1 Å². The molecule has 0 spiro atoms. The van der Waals surface area contributed by atoms with E-state index in [0.29, 0.717) is 10.9 Å². The summed E-state index contributed by atoms with van der Waals surface area (Å²) in [5.74, 6) is 0.873. The Bertz CT molecular complexity index is 1080. The van der Waals surface area contributed by atoms with Crippen LogP contribution in [0, 0.1) is 25.1 Å². The fourth-order valence-corrected chi connectivity index (χ4v) is 2.96. The van der Waals surface area contributed by atoms with Crippen LogP contribution in [0.2, 0.25) is 0 Å². The molecule has 8 heteroatoms. The summed E-state index contributed by atoms with van der Waals surface area (Å²) in [6.07, 6.45) is 5.36. The van der Waals surface area contributed by atoms with Gasteiger partial charge in [-0.15, -0.1) is 6.42 Å². The second-order valence-electron chi connectivity index (χ2n) is 5.75. The molecule has 5 nitrogen and oxygen atoms in total. The molecular weight excluding hydrogens is 359 g/mol. The molecule has 0 fully saturated rings. The second-order valence-corrected chi connectivity index (χ2v) is 5.75. The number of aromatic nitrogens is 2. The van der Waals surface area contributed by atoms with Crippen LogP contribution in [0.15, 0.2) is 30.3 Å². The lowest BCUT2D eigenvalue weighted by Crippen LogP contribution is -2.12. The van der Waals surface area contributed by atoms with Gasteiger partial charge in [-0.05, 0) is 36.8 Å². The van der Waals surface area contributed by atoms with Crippen molar-refractivity contribution in [3.8, 4) is 29.4 Å². The number of primary amides is 1. The molecule has 2 N–H and O–H groups in total. The van der Waals surface area contributed by atoms with Gasteiger partial charge in [-0.25, -0.2) is 9.07 Å². The van der Waals surface area contributed by atoms with Gasteiger partial charge >= 0.3 is 6.61 Å². The van der Waals surface area contributed by atoms with Gasteiger partial charge in [-0.3, -0.25) is 4.79 Å². The SMILES string of the molecule is C#CCn1nc(-c2cc(F)ccc2C(N)=O)c2c(C)ccc(OC(F)F)c21. The molecule has 0 unspecified atom stereocenters. The van der Waals surface area contributed by atoms with Crippen LogP contribution in [0.3, 0.4) is 0 Å². The third-order valence-electron chi connectivity index (χ3n) is 4.02. The molecule has 0 aliphatic carbocycles. The van der Waals surface area contributed by atoms with E-state index in [1.807, 2.05) is 0 Å². The predicted octanol–water partition coefficient (Wildman–Crippen LogP) is 3.48. The molecule has 0 saturated heterocycles. The lowest BCUT2D eigenvalue weighted by molar-refractivity contribution is -0.0490. The molecule has 0 aliphatic rings. The van der Waals surface area contributed by atoms with Crippen molar-refractivity contribution >= 4 is 16.8 Å². The molecule has 27 heavy (non-hydrogen) atoms. The van der Waals surface area contributed by atoms with Gasteiger partial charge in [0.1, 0.15) is 23.6 Å². The van der Waals surface area contributed by atoms with Crippen LogP contribution in [-0.4, -0.2) is 22.3 Å². The number of ether oxygens (including phenoxy) is 1. The molecular formula is C19H14F3N3O2. The van der Waals surface area contributed by atoms with E-state index in [4.69, 9.17) is 12.2 Å². The Balaban J connectivity index is 2.41. The summed E-state index contributed by atoms with van der Waals surface area (Å²) >= 11 is 0. The number of hydrogen-bond donors (Lipinski definition) is 1. The molecule has 0 atom stereocenters. The minimum absolute atomic E-state index is 0.0409. The number of benzene rings is 2. The molecule has 1 heterocycles. The van der Waals surface area contributed by atoms with Crippen LogP contribution in [0.1, 0.15) is 15.9 Å². The highest BCUT2D eigenvalue weighted by Gasteiger charge is 2.23. The standard InChI is InChI=1S/C19H14F3N3O2/c1-3-8-25-17-14(27-19(21)22)7-4-10(2)15(17)16(24-25)13-9-11(20)5-6-12(13)18(23)26/h1,4-7,9,19H,8H2,2H3,(H2,23,26). The van der Waals surface area contributed by atoms with Gasteiger partial charge in [0, 0.05) is 16.5 Å². The van der Waals surface area contributed by atoms with E-state index in [2.05, 4.69) is 15.8 Å². The average Bonchev–Trinajstić information content (AvgIpc) is 2.97. The van der Waals surface area contributed by atoms with Gasteiger partial charge in [0.05, 0.1) is 0 Å². The average molecular weight is 373 g/mol. The molecule has 0 bridgehead atoms. The van der Waals surface area contributed by atoms with Gasteiger partial charge in [0.15, 0.2) is 5.75 Å². The highest BCUT2D eigenvalue weighted by atomic mass is 19.3. The van der Waals surface area contributed by atoms with Crippen molar-refractivity contribution in [2.24, 2.45) is 5.73 Å². The first-order valence-electron chi connectivity index (χ1n) is 7.81. The third kappa shape index (κ3) is 3.31. The number of halogens is 3. The van der Waals surface area contributed by atoms with Crippen LogP contribution < -0.4 is 10.5 Å². The fraction of sp³-hybridized carbons (Fsp3) is 0.158. The number of nitrogens with two attached hydrogens (primary N) is 1. The van der Waals surface area contributed by atoms with Crippen molar-refractivity contribution in [1.82, 2.24) is 9.78 Å². The highest BCUT2D eigenvalue weighted by molar-refractivity contribution is 6.06. The Hall–Kier alpha value is -3.47. The van der Waals surface area contributed by atoms with E-state index in [9.17, 15) is 18.0 Å². The summed E-state index contributed by atoms with van der Waals surface area (Å²) in [4.78, 5) is 11.8. The lowest BCUT2D eigenvalue weighted by Gasteiger charge is -2.09. The Morgan fingerprint density at radius 2 is 2.11 bits per heavy atom. The molecule has 1 aromatic heterocycles. The zero-order chi connectivity index (χ0) is 19.7. The number of alkyl halides is 2. The van der Waals surface area contributed by atoms with Crippen molar-refractivity contribution in [3.63, 3.8) is 0 Å². The first-order chi connectivity index (χ1) is 12.8. The molecule has 0 saturated carbocycles. The van der Waals surface area contributed by atoms with Crippen molar-refractivity contribution in [3.05, 3.63) is 47.3 Å². The molecule has 0 aliphatic heterocycles. The minimum Gasteiger partial charge on any atom is -0.433 e. The van der Waals surface area contributed by atoms with E-state index in [0.717, 1.165) is 12.1 Å². The number of hydrogen-bond acceptors (Lipinski definition) is 3. The summed E-state index contributed by atoms with van der Waals surface area (Å²) < 4.78 is 45.4. The van der Waals surface area contributed by atoms with E-state index in [-0.39, 0.29) is 34.6 Å². The van der Waals surface area contributed by atoms with E-state index >= 15 is 0 Å². The van der Waals surface area contributed by atoms with Crippen LogP contribution in [-0.2, 0) is 6.54 Å². The zero-order valence-electron chi connectivity index (χ0n) is 14.2. The lowest BCUT2D eigenvalue weighted by atomic mass is 9.98. The highest BCUT2D eigenvalue weighted by Crippen LogP contribution is 2.38. The van der Waals surface area contributed by atoms with E-state index < -0.39 is 18.3 Å². The van der Waals surface area contributed by atoms with Gasteiger partial charge in [0.2, 0.25) is 5.91 Å². The number of carbonyl (C=O) groups excluding carboxylic acids is 1. The number of amides is 1. The largest absolute Gasteiger partial charge is 0.433 e. The monoisotopic (exact) mass is 373 g/mol. The number of carbonyl (C=O) groups is 1. The summed E-state index contributed by atoms with van der Waals surface area (Å²) in [5, 5.41) is 4.75. The van der Waals surface area contributed by atoms with Crippen molar-refractivity contribution < 1.29 is 22.7 Å². The Kier molecular flexibility index (Phi) is 4.77. The van der Waals surface area contributed by atoms with Gasteiger partial charge in [0.25, 0.3) is 0 Å². The van der Waals surface area contributed by atoms with Crippen LogP contribution >= 0.6 is 0 Å². The first-order valence-corrected chi connectivity index (χ1v) is 7.81. The summed E-state index contributed by atoms with van der Waals surface area (Å²) in [7, 11) is 0. The quantitative estimate of drug-likeness (QED) is 0.696. The smallest absolute Gasteiger partial charge is 0.387 e. The van der Waals surface area contributed by atoms with Crippen LogP contribution in [0.4, 0.5) is 13.2 Å². The maximum Gasteiger partial charge on any atom is 0.387 e. The number of nitrogens with zero attached hydrogens (tertiary/aromatic N) is 2. The van der Waals surface area contributed by atoms with Crippen molar-refractivity contribution in [2.75, 3.05) is 0 Å². The van der Waals surface area contributed by atoms with E-state index in [1.165, 1.54) is 16.8 Å². The van der Waals surface area contributed by atoms with E-state index in [1.54, 1.807) is 13.0 Å². The molecule has 138 valence electrons. The Morgan fingerprint density at radius 1 is 1.37 bits per heavy atom. The Labute approximate surface area is 152 Å². The maximum absolute atomic E-state index is 13.9. The van der Waals surface area contributed by atoms with Gasteiger partial charge < -0.3 is 10.5 Å². The molecule has 3 aromatic rings. The van der Waals surface area contributed by atoms with Crippen molar-refractivity contribution in [1.29, 1.82) is 0 Å². The fourth-order valence-electron chi connectivity index (χ4n) is 2.96. The number of rotatable bonds is 5. The number of terminal acetylenes is 1. The summed E-state index contributed by atoms with van der Waals surface area (Å²) in [6, 6.07) is 6.40. The van der Waals surface area contributed by atoms with Crippen LogP contribution in [0.25, 0.3) is 22.2 Å².